The van der Waals surface area contributed by atoms with Gasteiger partial charge in [0, 0.05) is 42.0 Å². The topological polar surface area (TPSA) is 189 Å². The van der Waals surface area contributed by atoms with Crippen molar-refractivity contribution >= 4 is 11.6 Å². The Balaban J connectivity index is 1.69. The number of phenolic OH excluding ortho intramolecular Hbond substituents is 2. The molecule has 6 atom stereocenters. The number of methoxy groups -OCH3 is 1. The number of ketones is 2. The van der Waals surface area contributed by atoms with Gasteiger partial charge in [-0.1, -0.05) is 18.7 Å². The summed E-state index contributed by atoms with van der Waals surface area (Å²) in [6.45, 7) is 4.80. The number of phenols is 2. The van der Waals surface area contributed by atoms with Crippen LogP contribution in [-0.4, -0.2) is 81.0 Å². The average Bonchev–Trinajstić information content (AvgIpc) is 2.90. The molecule has 1 fully saturated rings. The molecule has 2 aromatic rings. The highest BCUT2D eigenvalue weighted by Crippen LogP contribution is 2.53. The summed E-state index contributed by atoms with van der Waals surface area (Å²) in [5.41, 5.74) is 3.39. The second kappa shape index (κ2) is 9.70. The molecule has 3 aliphatic rings. The quantitative estimate of drug-likeness (QED) is 0.200. The van der Waals surface area contributed by atoms with Crippen molar-refractivity contribution < 1.29 is 49.3 Å². The lowest BCUT2D eigenvalue weighted by Gasteiger charge is -2.43. The molecule has 0 aromatic heterocycles. The van der Waals surface area contributed by atoms with Crippen LogP contribution < -0.4 is 10.5 Å². The van der Waals surface area contributed by atoms with E-state index in [0.29, 0.717) is 0 Å². The number of hydrogen-bond acceptors (Lipinski definition) is 11. The van der Waals surface area contributed by atoms with Crippen LogP contribution in [0, 0.1) is 0 Å². The first-order valence-electron chi connectivity index (χ1n) is 12.6. The van der Waals surface area contributed by atoms with Crippen molar-refractivity contribution in [3.05, 3.63) is 63.7 Å². The minimum Gasteiger partial charge on any atom is -0.507 e. The molecule has 1 aliphatic heterocycles. The summed E-state index contributed by atoms with van der Waals surface area (Å²) in [5.74, 6) is -2.47. The van der Waals surface area contributed by atoms with Gasteiger partial charge in [-0.25, -0.2) is 0 Å². The minimum absolute atomic E-state index is 0.00252. The SMILES string of the molecule is C=C(CO)[C@]1(O)Cc2c(O)c3c(c(O)c2[C@@H](OC2CC(N)C(O)C(C)O2)C1)C(=O)c1c(OC)cccc1C3=O. The molecule has 4 unspecified atom stereocenters. The molecule has 1 heterocycles. The highest BCUT2D eigenvalue weighted by atomic mass is 16.7. The number of aliphatic hydroxyl groups excluding tert-OH is 2. The van der Waals surface area contributed by atoms with Crippen LogP contribution in [0.25, 0.3) is 0 Å². The summed E-state index contributed by atoms with van der Waals surface area (Å²) in [5, 5.41) is 54.4. The van der Waals surface area contributed by atoms with Gasteiger partial charge in [0.2, 0.25) is 5.78 Å². The zero-order valence-electron chi connectivity index (χ0n) is 21.5. The number of nitrogens with two attached hydrogens (primary N) is 1. The molecule has 208 valence electrons. The summed E-state index contributed by atoms with van der Waals surface area (Å²) in [7, 11) is 1.35. The Labute approximate surface area is 224 Å². The molecule has 1 saturated heterocycles. The Hall–Kier alpha value is -3.32. The maximum absolute atomic E-state index is 13.7. The van der Waals surface area contributed by atoms with E-state index in [-0.39, 0.29) is 52.8 Å². The van der Waals surface area contributed by atoms with E-state index in [1.165, 1.54) is 25.3 Å². The van der Waals surface area contributed by atoms with Gasteiger partial charge < -0.3 is 45.5 Å². The Morgan fingerprint density at radius 1 is 1.18 bits per heavy atom. The summed E-state index contributed by atoms with van der Waals surface area (Å²) in [6, 6.07) is 3.79. The Morgan fingerprint density at radius 3 is 2.51 bits per heavy atom. The van der Waals surface area contributed by atoms with Crippen LogP contribution in [0.2, 0.25) is 0 Å². The van der Waals surface area contributed by atoms with Crippen LogP contribution in [0.3, 0.4) is 0 Å². The number of benzene rings is 2. The molecular formula is C28H31NO10. The average molecular weight is 542 g/mol. The monoisotopic (exact) mass is 541 g/mol. The van der Waals surface area contributed by atoms with Gasteiger partial charge in [-0.05, 0) is 18.6 Å². The fourth-order valence-corrected chi connectivity index (χ4v) is 5.81. The number of carbonyl (C=O) groups excluding carboxylic acids is 2. The number of ether oxygens (including phenoxy) is 3. The summed E-state index contributed by atoms with van der Waals surface area (Å²) < 4.78 is 17.2. The minimum atomic E-state index is -1.80. The molecular weight excluding hydrogens is 510 g/mol. The lowest BCUT2D eigenvalue weighted by molar-refractivity contribution is -0.246. The van der Waals surface area contributed by atoms with Crippen molar-refractivity contribution in [2.45, 2.75) is 62.4 Å². The summed E-state index contributed by atoms with van der Waals surface area (Å²) >= 11 is 0. The third-order valence-electron chi connectivity index (χ3n) is 7.99. The third-order valence-corrected chi connectivity index (χ3v) is 7.99. The van der Waals surface area contributed by atoms with Crippen molar-refractivity contribution in [3.8, 4) is 17.2 Å². The van der Waals surface area contributed by atoms with Crippen molar-refractivity contribution in [2.75, 3.05) is 13.7 Å². The van der Waals surface area contributed by atoms with Crippen LogP contribution in [0.15, 0.2) is 30.4 Å². The third kappa shape index (κ3) is 4.13. The maximum Gasteiger partial charge on any atom is 0.202 e. The van der Waals surface area contributed by atoms with Crippen LogP contribution in [0.5, 0.6) is 17.2 Å². The van der Waals surface area contributed by atoms with E-state index in [1.54, 1.807) is 6.92 Å². The first-order chi connectivity index (χ1) is 18.4. The smallest absolute Gasteiger partial charge is 0.202 e. The van der Waals surface area contributed by atoms with Gasteiger partial charge in [-0.15, -0.1) is 0 Å². The summed E-state index contributed by atoms with van der Waals surface area (Å²) in [6.07, 6.45) is -4.23. The van der Waals surface area contributed by atoms with E-state index < -0.39 is 77.0 Å². The Morgan fingerprint density at radius 2 is 1.87 bits per heavy atom. The first-order valence-corrected chi connectivity index (χ1v) is 12.6. The van der Waals surface area contributed by atoms with Crippen molar-refractivity contribution in [1.82, 2.24) is 0 Å². The van der Waals surface area contributed by atoms with E-state index in [1.807, 2.05) is 0 Å². The van der Waals surface area contributed by atoms with E-state index in [9.17, 15) is 35.1 Å². The van der Waals surface area contributed by atoms with Crippen molar-refractivity contribution in [3.63, 3.8) is 0 Å². The van der Waals surface area contributed by atoms with Gasteiger partial charge in [0.25, 0.3) is 0 Å². The number of aromatic hydroxyl groups is 2. The normalized spacial score (nSPS) is 29.8. The lowest BCUT2D eigenvalue weighted by Crippen LogP contribution is -2.52. The lowest BCUT2D eigenvalue weighted by atomic mass is 9.71. The predicted octanol–water partition coefficient (Wildman–Crippen LogP) is 0.988. The molecule has 7 N–H and O–H groups in total. The van der Waals surface area contributed by atoms with Gasteiger partial charge in [-0.2, -0.15) is 0 Å². The van der Waals surface area contributed by atoms with E-state index in [4.69, 9.17) is 19.9 Å². The van der Waals surface area contributed by atoms with Gasteiger partial charge in [-0.3, -0.25) is 9.59 Å². The zero-order valence-corrected chi connectivity index (χ0v) is 21.5. The Kier molecular flexibility index (Phi) is 6.78. The molecule has 0 spiro atoms. The standard InChI is InChI=1S/C28H31NO10/c1-11(10-30)28(36)8-14-20(17(9-28)39-18-7-15(29)23(31)12(2)38-18)27(35)22-21(25(14)33)24(32)13-5-4-6-16(37-3)19(13)26(22)34/h4-6,12,15,17-18,23,30-31,33,35-36H,1,7-10,29H2,2-3H3/t12?,15?,17-,18?,23?,28-/m0/s1. The van der Waals surface area contributed by atoms with Crippen LogP contribution >= 0.6 is 0 Å². The molecule has 0 radical (unpaired) electrons. The van der Waals surface area contributed by atoms with Crippen molar-refractivity contribution in [2.24, 2.45) is 5.73 Å². The van der Waals surface area contributed by atoms with Gasteiger partial charge in [0.1, 0.15) is 17.2 Å². The zero-order chi connectivity index (χ0) is 28.4. The number of fused-ring (bicyclic) bond motifs is 3. The molecule has 0 saturated carbocycles. The summed E-state index contributed by atoms with van der Waals surface area (Å²) in [4.78, 5) is 27.2. The fraction of sp³-hybridized carbons (Fsp3) is 0.429. The van der Waals surface area contributed by atoms with Gasteiger partial charge >= 0.3 is 0 Å². The molecule has 11 heteroatoms. The maximum atomic E-state index is 13.7. The number of carbonyl (C=O) groups is 2. The Bertz CT molecular complexity index is 1380. The number of hydrogen-bond donors (Lipinski definition) is 6. The highest BCUT2D eigenvalue weighted by Gasteiger charge is 2.48. The van der Waals surface area contributed by atoms with E-state index >= 15 is 0 Å². The number of rotatable bonds is 5. The van der Waals surface area contributed by atoms with Gasteiger partial charge in [0.15, 0.2) is 12.1 Å². The molecule has 0 bridgehead atoms. The predicted molar refractivity (Wildman–Crippen MR) is 136 cm³/mol. The second-order valence-corrected chi connectivity index (χ2v) is 10.3. The molecule has 0 amide bonds. The highest BCUT2D eigenvalue weighted by molar-refractivity contribution is 6.31. The molecule has 11 nitrogen and oxygen atoms in total. The first kappa shape index (κ1) is 27.3. The number of aliphatic hydroxyl groups is 3. The molecule has 5 rings (SSSR count). The molecule has 39 heavy (non-hydrogen) atoms. The van der Waals surface area contributed by atoms with Gasteiger partial charge in [0.05, 0.1) is 54.3 Å². The fourth-order valence-electron chi connectivity index (χ4n) is 5.81. The molecule has 2 aromatic carbocycles. The van der Waals surface area contributed by atoms with E-state index in [2.05, 4.69) is 6.58 Å². The van der Waals surface area contributed by atoms with Crippen LogP contribution in [0.1, 0.15) is 68.8 Å². The largest absolute Gasteiger partial charge is 0.507 e. The van der Waals surface area contributed by atoms with Crippen LogP contribution in [0.4, 0.5) is 0 Å². The van der Waals surface area contributed by atoms with Crippen molar-refractivity contribution in [1.29, 1.82) is 0 Å². The van der Waals surface area contributed by atoms with E-state index in [0.717, 1.165) is 0 Å². The second-order valence-electron chi connectivity index (χ2n) is 10.3. The molecule has 2 aliphatic carbocycles. The van der Waals surface area contributed by atoms with Crippen LogP contribution in [-0.2, 0) is 15.9 Å².